The molecule has 3 nitrogen and oxygen atoms in total. The molecule has 0 bridgehead atoms. The van der Waals surface area contributed by atoms with Gasteiger partial charge in [0.2, 0.25) is 5.91 Å². The highest BCUT2D eigenvalue weighted by Crippen LogP contribution is 2.08. The van der Waals surface area contributed by atoms with E-state index in [1.54, 1.807) is 0 Å². The quantitative estimate of drug-likeness (QED) is 0.804. The summed E-state index contributed by atoms with van der Waals surface area (Å²) in [4.78, 5) is 11.7. The molecule has 1 aromatic carbocycles. The van der Waals surface area contributed by atoms with Crippen LogP contribution in [0.5, 0.6) is 0 Å². The zero-order chi connectivity index (χ0) is 12.1. The largest absolute Gasteiger partial charge is 0.353 e. The lowest BCUT2D eigenvalue weighted by Gasteiger charge is -2.27. The van der Waals surface area contributed by atoms with Gasteiger partial charge in [-0.25, -0.2) is 0 Å². The minimum atomic E-state index is 0.180. The summed E-state index contributed by atoms with van der Waals surface area (Å²) in [6.07, 6.45) is 1.56. The van der Waals surface area contributed by atoms with Crippen LogP contribution in [-0.2, 0) is 11.2 Å². The number of benzene rings is 1. The molecular formula is C14H20N2O. The molecule has 1 aliphatic heterocycles. The molecule has 1 amide bonds. The van der Waals surface area contributed by atoms with Crippen molar-refractivity contribution < 1.29 is 4.79 Å². The second kappa shape index (κ2) is 5.82. The molecule has 0 radical (unpaired) electrons. The lowest BCUT2D eigenvalue weighted by molar-refractivity contribution is -0.122. The van der Waals surface area contributed by atoms with Crippen LogP contribution in [0.1, 0.15) is 18.9 Å². The second-order valence-electron chi connectivity index (χ2n) is 4.89. The maximum atomic E-state index is 11.7. The third-order valence-corrected chi connectivity index (χ3v) is 3.13. The summed E-state index contributed by atoms with van der Waals surface area (Å²) < 4.78 is 0. The molecule has 1 atom stereocenters. The molecule has 1 aromatic rings. The van der Waals surface area contributed by atoms with E-state index in [4.69, 9.17) is 0 Å². The number of carbonyl (C=O) groups is 1. The van der Waals surface area contributed by atoms with Crippen LogP contribution in [0, 0.1) is 5.92 Å². The van der Waals surface area contributed by atoms with E-state index in [9.17, 15) is 4.79 Å². The van der Waals surface area contributed by atoms with Crippen molar-refractivity contribution in [3.8, 4) is 0 Å². The minimum absolute atomic E-state index is 0.180. The summed E-state index contributed by atoms with van der Waals surface area (Å²) in [6, 6.07) is 10.5. The van der Waals surface area contributed by atoms with Gasteiger partial charge in [-0.2, -0.15) is 0 Å². The Morgan fingerprint density at radius 1 is 1.41 bits per heavy atom. The standard InChI is InChI=1S/C14H20N2O/c1-11(7-12-5-3-2-4-6-12)16-14(17)8-13-9-15-10-13/h2-6,11,13,15H,7-10H2,1H3,(H,16,17). The Bertz CT molecular complexity index is 360. The van der Waals surface area contributed by atoms with Crippen LogP contribution < -0.4 is 10.6 Å². The highest BCUT2D eigenvalue weighted by molar-refractivity contribution is 5.76. The summed E-state index contributed by atoms with van der Waals surface area (Å²) in [7, 11) is 0. The predicted octanol–water partition coefficient (Wildman–Crippen LogP) is 1.34. The summed E-state index contributed by atoms with van der Waals surface area (Å²) >= 11 is 0. The summed E-state index contributed by atoms with van der Waals surface area (Å²) in [5.74, 6) is 0.721. The first kappa shape index (κ1) is 12.1. The van der Waals surface area contributed by atoms with E-state index in [-0.39, 0.29) is 11.9 Å². The molecule has 0 saturated carbocycles. The van der Waals surface area contributed by atoms with Crippen molar-refractivity contribution >= 4 is 5.91 Å². The molecule has 0 aliphatic carbocycles. The first-order valence-electron chi connectivity index (χ1n) is 6.28. The zero-order valence-electron chi connectivity index (χ0n) is 10.3. The second-order valence-corrected chi connectivity index (χ2v) is 4.89. The van der Waals surface area contributed by atoms with Crippen LogP contribution in [0.4, 0.5) is 0 Å². The minimum Gasteiger partial charge on any atom is -0.353 e. The number of carbonyl (C=O) groups excluding carboxylic acids is 1. The van der Waals surface area contributed by atoms with Crippen molar-refractivity contribution in [2.45, 2.75) is 25.8 Å². The van der Waals surface area contributed by atoms with Crippen molar-refractivity contribution in [1.82, 2.24) is 10.6 Å². The van der Waals surface area contributed by atoms with Crippen LogP contribution in [0.2, 0.25) is 0 Å². The molecule has 2 rings (SSSR count). The number of hydrogen-bond acceptors (Lipinski definition) is 2. The molecule has 0 aromatic heterocycles. The van der Waals surface area contributed by atoms with Gasteiger partial charge in [0.05, 0.1) is 0 Å². The van der Waals surface area contributed by atoms with E-state index in [0.29, 0.717) is 12.3 Å². The van der Waals surface area contributed by atoms with Crippen molar-refractivity contribution in [2.75, 3.05) is 13.1 Å². The third-order valence-electron chi connectivity index (χ3n) is 3.13. The van der Waals surface area contributed by atoms with Crippen molar-refractivity contribution in [1.29, 1.82) is 0 Å². The monoisotopic (exact) mass is 232 g/mol. The summed E-state index contributed by atoms with van der Waals surface area (Å²) in [5.41, 5.74) is 1.27. The van der Waals surface area contributed by atoms with Crippen molar-refractivity contribution in [3.63, 3.8) is 0 Å². The number of amides is 1. The first-order valence-corrected chi connectivity index (χ1v) is 6.28. The Labute approximate surface area is 103 Å². The SMILES string of the molecule is CC(Cc1ccccc1)NC(=O)CC1CNC1. The topological polar surface area (TPSA) is 41.1 Å². The fourth-order valence-electron chi connectivity index (χ4n) is 2.11. The van der Waals surface area contributed by atoms with Crippen molar-refractivity contribution in [3.05, 3.63) is 35.9 Å². The van der Waals surface area contributed by atoms with E-state index < -0.39 is 0 Å². The molecule has 1 heterocycles. The summed E-state index contributed by atoms with van der Waals surface area (Å²) in [5, 5.41) is 6.24. The van der Waals surface area contributed by atoms with Gasteiger partial charge in [-0.15, -0.1) is 0 Å². The molecule has 1 fully saturated rings. The maximum absolute atomic E-state index is 11.7. The first-order chi connectivity index (χ1) is 8.24. The van der Waals surface area contributed by atoms with E-state index in [2.05, 4.69) is 29.7 Å². The van der Waals surface area contributed by atoms with Crippen LogP contribution in [0.25, 0.3) is 0 Å². The van der Waals surface area contributed by atoms with Gasteiger partial charge >= 0.3 is 0 Å². The smallest absolute Gasteiger partial charge is 0.220 e. The van der Waals surface area contributed by atoms with Gasteiger partial charge in [0, 0.05) is 12.5 Å². The highest BCUT2D eigenvalue weighted by Gasteiger charge is 2.20. The Hall–Kier alpha value is -1.35. The molecule has 1 unspecified atom stereocenters. The van der Waals surface area contributed by atoms with Crippen LogP contribution in [-0.4, -0.2) is 25.0 Å². The van der Waals surface area contributed by atoms with Crippen LogP contribution in [0.15, 0.2) is 30.3 Å². The third kappa shape index (κ3) is 3.86. The van der Waals surface area contributed by atoms with Gasteiger partial charge in [-0.05, 0) is 37.9 Å². The number of nitrogens with one attached hydrogen (secondary N) is 2. The van der Waals surface area contributed by atoms with Gasteiger partial charge < -0.3 is 10.6 Å². The lowest BCUT2D eigenvalue weighted by atomic mass is 9.98. The molecule has 1 aliphatic rings. The van der Waals surface area contributed by atoms with Gasteiger partial charge in [0.1, 0.15) is 0 Å². The number of hydrogen-bond donors (Lipinski definition) is 2. The Balaban J connectivity index is 1.72. The lowest BCUT2D eigenvalue weighted by Crippen LogP contribution is -2.45. The van der Waals surface area contributed by atoms with Gasteiger partial charge in [0.25, 0.3) is 0 Å². The Morgan fingerprint density at radius 2 is 2.12 bits per heavy atom. The maximum Gasteiger partial charge on any atom is 0.220 e. The van der Waals surface area contributed by atoms with Crippen molar-refractivity contribution in [2.24, 2.45) is 5.92 Å². The van der Waals surface area contributed by atoms with Gasteiger partial charge in [0.15, 0.2) is 0 Å². The number of rotatable bonds is 5. The molecule has 1 saturated heterocycles. The van der Waals surface area contributed by atoms with E-state index >= 15 is 0 Å². The summed E-state index contributed by atoms with van der Waals surface area (Å²) in [6.45, 7) is 4.03. The van der Waals surface area contributed by atoms with Crippen LogP contribution in [0.3, 0.4) is 0 Å². The molecule has 17 heavy (non-hydrogen) atoms. The zero-order valence-corrected chi connectivity index (χ0v) is 10.3. The molecular weight excluding hydrogens is 212 g/mol. The fourth-order valence-corrected chi connectivity index (χ4v) is 2.11. The normalized spacial score (nSPS) is 17.2. The molecule has 2 N–H and O–H groups in total. The van der Waals surface area contributed by atoms with E-state index in [1.165, 1.54) is 5.56 Å². The van der Waals surface area contributed by atoms with Gasteiger partial charge in [-0.3, -0.25) is 4.79 Å². The van der Waals surface area contributed by atoms with Crippen LogP contribution >= 0.6 is 0 Å². The average molecular weight is 232 g/mol. The highest BCUT2D eigenvalue weighted by atomic mass is 16.1. The average Bonchev–Trinajstić information content (AvgIpc) is 2.25. The predicted molar refractivity (Wildman–Crippen MR) is 68.7 cm³/mol. The Morgan fingerprint density at radius 3 is 2.71 bits per heavy atom. The Kier molecular flexibility index (Phi) is 4.15. The van der Waals surface area contributed by atoms with E-state index in [1.807, 2.05) is 18.2 Å². The molecule has 0 spiro atoms. The molecule has 92 valence electrons. The fraction of sp³-hybridized carbons (Fsp3) is 0.500. The van der Waals surface area contributed by atoms with E-state index in [0.717, 1.165) is 19.5 Å². The molecule has 3 heteroatoms. The van der Waals surface area contributed by atoms with Gasteiger partial charge in [-0.1, -0.05) is 30.3 Å².